The lowest BCUT2D eigenvalue weighted by Gasteiger charge is -2.35. The standard InChI is InChI=1S/C22H34N6.HI/c1-6-23-22(24-14-21-17(3)26-27(5)18(21)4)25-19-8-7-13-28(15-19)20-11-9-16(2)10-12-20;/h9-12,19H,6-8,13-15H2,1-5H3,(H2,23,24,25);1H. The van der Waals surface area contributed by atoms with Gasteiger partial charge in [-0.1, -0.05) is 17.7 Å². The first-order valence-corrected chi connectivity index (χ1v) is 10.3. The van der Waals surface area contributed by atoms with E-state index in [4.69, 9.17) is 4.99 Å². The average Bonchev–Trinajstić information content (AvgIpc) is 2.92. The van der Waals surface area contributed by atoms with E-state index in [1.54, 1.807) is 0 Å². The van der Waals surface area contributed by atoms with Crippen molar-refractivity contribution < 1.29 is 0 Å². The summed E-state index contributed by atoms with van der Waals surface area (Å²) in [6.45, 7) is 12.0. The Morgan fingerprint density at radius 1 is 1.21 bits per heavy atom. The Bertz CT molecular complexity index is 811. The summed E-state index contributed by atoms with van der Waals surface area (Å²) in [4.78, 5) is 7.32. The lowest BCUT2D eigenvalue weighted by Crippen LogP contribution is -2.51. The van der Waals surface area contributed by atoms with Gasteiger partial charge in [-0.2, -0.15) is 5.10 Å². The Morgan fingerprint density at radius 3 is 2.55 bits per heavy atom. The van der Waals surface area contributed by atoms with Crippen molar-refractivity contribution in [3.8, 4) is 0 Å². The van der Waals surface area contributed by atoms with Crippen LogP contribution in [0.15, 0.2) is 29.3 Å². The molecule has 1 saturated heterocycles. The van der Waals surface area contributed by atoms with E-state index in [-0.39, 0.29) is 24.0 Å². The van der Waals surface area contributed by atoms with Gasteiger partial charge in [0.05, 0.1) is 12.2 Å². The molecule has 2 aromatic rings. The van der Waals surface area contributed by atoms with Crippen LogP contribution in [0.4, 0.5) is 5.69 Å². The first-order valence-electron chi connectivity index (χ1n) is 10.3. The van der Waals surface area contributed by atoms with Crippen LogP contribution < -0.4 is 15.5 Å². The Kier molecular flexibility index (Phi) is 8.79. The molecule has 0 aliphatic carbocycles. The van der Waals surface area contributed by atoms with Crippen LogP contribution >= 0.6 is 24.0 Å². The summed E-state index contributed by atoms with van der Waals surface area (Å²) in [6.07, 6.45) is 2.35. The predicted octanol–water partition coefficient (Wildman–Crippen LogP) is 3.69. The number of guanidine groups is 1. The molecule has 2 N–H and O–H groups in total. The third-order valence-corrected chi connectivity index (χ3v) is 5.56. The van der Waals surface area contributed by atoms with Crippen molar-refractivity contribution in [1.29, 1.82) is 0 Å². The van der Waals surface area contributed by atoms with E-state index in [0.29, 0.717) is 12.6 Å². The van der Waals surface area contributed by atoms with E-state index in [1.165, 1.54) is 28.9 Å². The summed E-state index contributed by atoms with van der Waals surface area (Å²) >= 11 is 0. The van der Waals surface area contributed by atoms with E-state index in [2.05, 4.69) is 72.6 Å². The fourth-order valence-corrected chi connectivity index (χ4v) is 3.80. The van der Waals surface area contributed by atoms with Crippen LogP contribution in [0.1, 0.15) is 42.3 Å². The molecule has 2 heterocycles. The van der Waals surface area contributed by atoms with Gasteiger partial charge in [0.2, 0.25) is 0 Å². The molecule has 3 rings (SSSR count). The SMILES string of the molecule is CCNC(=NCc1c(C)nn(C)c1C)NC1CCCN(c2ccc(C)cc2)C1.I. The lowest BCUT2D eigenvalue weighted by molar-refractivity contribution is 0.468. The van der Waals surface area contributed by atoms with Gasteiger partial charge < -0.3 is 15.5 Å². The number of halogens is 1. The van der Waals surface area contributed by atoms with Gasteiger partial charge in [-0.25, -0.2) is 4.99 Å². The normalized spacial score (nSPS) is 17.1. The molecule has 0 amide bonds. The minimum atomic E-state index is 0. The predicted molar refractivity (Wildman–Crippen MR) is 132 cm³/mol. The van der Waals surface area contributed by atoms with Gasteiger partial charge in [0, 0.05) is 49.7 Å². The first-order chi connectivity index (χ1) is 13.5. The number of benzene rings is 1. The van der Waals surface area contributed by atoms with Crippen LogP contribution in [0.25, 0.3) is 0 Å². The number of aryl methyl sites for hydroxylation is 3. The van der Waals surface area contributed by atoms with Gasteiger partial charge in [-0.3, -0.25) is 4.68 Å². The summed E-state index contributed by atoms with van der Waals surface area (Å²) in [5, 5.41) is 11.6. The van der Waals surface area contributed by atoms with Crippen molar-refractivity contribution >= 4 is 35.6 Å². The summed E-state index contributed by atoms with van der Waals surface area (Å²) < 4.78 is 1.93. The van der Waals surface area contributed by atoms with Crippen LogP contribution in [-0.4, -0.2) is 41.4 Å². The van der Waals surface area contributed by atoms with Crippen molar-refractivity contribution in [2.24, 2.45) is 12.0 Å². The molecule has 1 aromatic carbocycles. The minimum Gasteiger partial charge on any atom is -0.369 e. The largest absolute Gasteiger partial charge is 0.369 e. The zero-order valence-corrected chi connectivity index (χ0v) is 20.7. The van der Waals surface area contributed by atoms with E-state index >= 15 is 0 Å². The van der Waals surface area contributed by atoms with E-state index in [1.807, 2.05) is 11.7 Å². The van der Waals surface area contributed by atoms with Crippen LogP contribution in [0.2, 0.25) is 0 Å². The number of nitrogens with zero attached hydrogens (tertiary/aromatic N) is 4. The van der Waals surface area contributed by atoms with Crippen molar-refractivity contribution in [2.75, 3.05) is 24.5 Å². The highest BCUT2D eigenvalue weighted by atomic mass is 127. The number of aromatic nitrogens is 2. The maximum atomic E-state index is 4.84. The van der Waals surface area contributed by atoms with Crippen LogP contribution in [0.5, 0.6) is 0 Å². The molecule has 0 radical (unpaired) electrons. The lowest BCUT2D eigenvalue weighted by atomic mass is 10.0. The molecule has 1 aliphatic heterocycles. The van der Waals surface area contributed by atoms with E-state index in [0.717, 1.165) is 37.7 Å². The molecule has 29 heavy (non-hydrogen) atoms. The molecule has 0 saturated carbocycles. The van der Waals surface area contributed by atoms with Gasteiger partial charge in [0.15, 0.2) is 5.96 Å². The summed E-state index contributed by atoms with van der Waals surface area (Å²) in [7, 11) is 1.99. The topological polar surface area (TPSA) is 57.5 Å². The summed E-state index contributed by atoms with van der Waals surface area (Å²) in [5.41, 5.74) is 6.06. The molecule has 1 aliphatic rings. The van der Waals surface area contributed by atoms with Crippen LogP contribution in [0.3, 0.4) is 0 Å². The number of piperidine rings is 1. The maximum absolute atomic E-state index is 4.84. The summed E-state index contributed by atoms with van der Waals surface area (Å²) in [6, 6.07) is 9.23. The molecule has 1 atom stereocenters. The van der Waals surface area contributed by atoms with Crippen molar-refractivity contribution in [3.63, 3.8) is 0 Å². The second kappa shape index (κ2) is 10.8. The molecule has 7 heteroatoms. The smallest absolute Gasteiger partial charge is 0.191 e. The molecule has 0 spiro atoms. The van der Waals surface area contributed by atoms with Gasteiger partial charge in [0.1, 0.15) is 0 Å². The monoisotopic (exact) mass is 510 g/mol. The van der Waals surface area contributed by atoms with Gasteiger partial charge >= 0.3 is 0 Å². The van der Waals surface area contributed by atoms with Crippen molar-refractivity contribution in [1.82, 2.24) is 20.4 Å². The molecular formula is C22H35IN6. The zero-order chi connectivity index (χ0) is 20.1. The van der Waals surface area contributed by atoms with E-state index < -0.39 is 0 Å². The fraction of sp³-hybridized carbons (Fsp3) is 0.545. The second-order valence-corrected chi connectivity index (χ2v) is 7.73. The molecule has 1 unspecified atom stereocenters. The Hall–Kier alpha value is -1.77. The maximum Gasteiger partial charge on any atom is 0.191 e. The highest BCUT2D eigenvalue weighted by Gasteiger charge is 2.21. The third kappa shape index (κ3) is 6.10. The number of nitrogens with one attached hydrogen (secondary N) is 2. The molecular weight excluding hydrogens is 475 g/mol. The van der Waals surface area contributed by atoms with E-state index in [9.17, 15) is 0 Å². The molecule has 1 fully saturated rings. The van der Waals surface area contributed by atoms with Crippen LogP contribution in [-0.2, 0) is 13.6 Å². The minimum absolute atomic E-state index is 0. The molecule has 0 bridgehead atoms. The van der Waals surface area contributed by atoms with Gasteiger partial charge in [-0.05, 0) is 52.7 Å². The number of aliphatic imine (C=N–C) groups is 1. The van der Waals surface area contributed by atoms with Gasteiger partial charge in [0.25, 0.3) is 0 Å². The number of rotatable bonds is 5. The average molecular weight is 510 g/mol. The Morgan fingerprint density at radius 2 is 1.93 bits per heavy atom. The van der Waals surface area contributed by atoms with Gasteiger partial charge in [-0.15, -0.1) is 24.0 Å². The number of anilines is 1. The highest BCUT2D eigenvalue weighted by Crippen LogP contribution is 2.20. The van der Waals surface area contributed by atoms with Crippen LogP contribution in [0, 0.1) is 20.8 Å². The molecule has 1 aromatic heterocycles. The highest BCUT2D eigenvalue weighted by molar-refractivity contribution is 14.0. The number of hydrogen-bond acceptors (Lipinski definition) is 3. The quantitative estimate of drug-likeness (QED) is 0.366. The fourth-order valence-electron chi connectivity index (χ4n) is 3.80. The zero-order valence-electron chi connectivity index (χ0n) is 18.3. The second-order valence-electron chi connectivity index (χ2n) is 7.73. The summed E-state index contributed by atoms with van der Waals surface area (Å²) in [5.74, 6) is 0.890. The molecule has 160 valence electrons. The Labute approximate surface area is 192 Å². The first kappa shape index (κ1) is 23.5. The third-order valence-electron chi connectivity index (χ3n) is 5.56. The van der Waals surface area contributed by atoms with Crippen molar-refractivity contribution in [3.05, 3.63) is 46.8 Å². The van der Waals surface area contributed by atoms with Crippen molar-refractivity contribution in [2.45, 2.75) is 53.1 Å². The molecule has 6 nitrogen and oxygen atoms in total. The Balaban J connectivity index is 0.00000300. The number of hydrogen-bond donors (Lipinski definition) is 2.